The van der Waals surface area contributed by atoms with E-state index in [9.17, 15) is 18.0 Å². The van der Waals surface area contributed by atoms with Crippen molar-refractivity contribution in [2.75, 3.05) is 13.7 Å². The number of halogens is 3. The van der Waals surface area contributed by atoms with Crippen molar-refractivity contribution in [1.29, 1.82) is 0 Å². The van der Waals surface area contributed by atoms with Gasteiger partial charge in [-0.3, -0.25) is 10.1 Å². The molecule has 7 heteroatoms. The van der Waals surface area contributed by atoms with Crippen LogP contribution in [0.2, 0.25) is 0 Å². The van der Waals surface area contributed by atoms with Crippen molar-refractivity contribution in [3.63, 3.8) is 0 Å². The van der Waals surface area contributed by atoms with Gasteiger partial charge in [0.2, 0.25) is 5.91 Å². The quantitative estimate of drug-likeness (QED) is 0.907. The van der Waals surface area contributed by atoms with Crippen molar-refractivity contribution in [2.45, 2.75) is 32.0 Å². The number of carbonyl (C=O) groups excluding carboxylic acids is 1. The molecule has 0 bridgehead atoms. The maximum absolute atomic E-state index is 13.8. The number of ether oxygens (including phenoxy) is 1. The lowest BCUT2D eigenvalue weighted by Gasteiger charge is -2.24. The second-order valence-corrected chi connectivity index (χ2v) is 4.81. The molecule has 1 aliphatic heterocycles. The van der Waals surface area contributed by atoms with E-state index in [0.717, 1.165) is 4.90 Å². The van der Waals surface area contributed by atoms with Crippen molar-refractivity contribution in [3.05, 3.63) is 29.6 Å². The van der Waals surface area contributed by atoms with Crippen LogP contribution in [0.3, 0.4) is 0 Å². The Morgan fingerprint density at radius 3 is 2.67 bits per heavy atom. The zero-order valence-corrected chi connectivity index (χ0v) is 11.8. The average molecular weight is 302 g/mol. The Morgan fingerprint density at radius 1 is 1.43 bits per heavy atom. The molecule has 1 aliphatic rings. The Kier molecular flexibility index (Phi) is 4.72. The first-order chi connectivity index (χ1) is 9.97. The van der Waals surface area contributed by atoms with E-state index in [1.54, 1.807) is 13.0 Å². The van der Waals surface area contributed by atoms with Crippen LogP contribution in [0, 0.1) is 5.82 Å². The predicted octanol–water partition coefficient (Wildman–Crippen LogP) is 2.31. The summed E-state index contributed by atoms with van der Waals surface area (Å²) in [6.45, 7) is 1.10. The summed E-state index contributed by atoms with van der Waals surface area (Å²) in [6, 6.07) is 3.64. The molecule has 2 unspecified atom stereocenters. The molecule has 1 heterocycles. The lowest BCUT2D eigenvalue weighted by atomic mass is 10.1. The van der Waals surface area contributed by atoms with Crippen molar-refractivity contribution in [1.82, 2.24) is 10.2 Å². The molecule has 1 amide bonds. The minimum absolute atomic E-state index is 0.0653. The first-order valence-electron chi connectivity index (χ1n) is 6.66. The van der Waals surface area contributed by atoms with Crippen LogP contribution >= 0.6 is 0 Å². The van der Waals surface area contributed by atoms with Crippen LogP contribution < -0.4 is 10.1 Å². The summed E-state index contributed by atoms with van der Waals surface area (Å²) in [6.07, 6.45) is -2.91. The molecule has 1 aromatic carbocycles. The van der Waals surface area contributed by atoms with E-state index in [0.29, 0.717) is 12.0 Å². The number of nitrogens with zero attached hydrogens (tertiary/aromatic N) is 1. The van der Waals surface area contributed by atoms with Crippen LogP contribution in [0.1, 0.15) is 25.1 Å². The number of amides is 1. The van der Waals surface area contributed by atoms with Gasteiger partial charge >= 0.3 is 0 Å². The summed E-state index contributed by atoms with van der Waals surface area (Å²) < 4.78 is 43.9. The van der Waals surface area contributed by atoms with Gasteiger partial charge in [0.15, 0.2) is 11.6 Å². The topological polar surface area (TPSA) is 41.6 Å². The molecule has 0 saturated carbocycles. The summed E-state index contributed by atoms with van der Waals surface area (Å²) in [5, 5.41) is 2.96. The monoisotopic (exact) mass is 302 g/mol. The second kappa shape index (κ2) is 6.34. The molecule has 1 saturated heterocycles. The third-order valence-corrected chi connectivity index (χ3v) is 3.49. The first-order valence-corrected chi connectivity index (χ1v) is 6.66. The highest BCUT2D eigenvalue weighted by Gasteiger charge is 2.39. The zero-order chi connectivity index (χ0) is 15.6. The summed E-state index contributed by atoms with van der Waals surface area (Å²) in [7, 11) is 1.34. The van der Waals surface area contributed by atoms with E-state index in [1.165, 1.54) is 19.2 Å². The SMILES string of the molecule is CCC1NC(c2ccc(OC)c(F)c2)N(CC(F)F)C1=O. The summed E-state index contributed by atoms with van der Waals surface area (Å²) in [4.78, 5) is 13.1. The van der Waals surface area contributed by atoms with Crippen LogP contribution in [0.5, 0.6) is 5.75 Å². The highest BCUT2D eigenvalue weighted by Crippen LogP contribution is 2.29. The van der Waals surface area contributed by atoms with E-state index in [1.807, 2.05) is 0 Å². The lowest BCUT2D eigenvalue weighted by molar-refractivity contribution is -0.132. The number of benzene rings is 1. The van der Waals surface area contributed by atoms with Crippen molar-refractivity contribution >= 4 is 5.91 Å². The molecular formula is C14H17F3N2O2. The molecule has 21 heavy (non-hydrogen) atoms. The molecule has 116 valence electrons. The Bertz CT molecular complexity index is 525. The van der Waals surface area contributed by atoms with Gasteiger partial charge in [0.25, 0.3) is 6.43 Å². The molecule has 1 N–H and O–H groups in total. The summed E-state index contributed by atoms with van der Waals surface area (Å²) >= 11 is 0. The number of hydrogen-bond acceptors (Lipinski definition) is 3. The third-order valence-electron chi connectivity index (χ3n) is 3.49. The van der Waals surface area contributed by atoms with E-state index in [-0.39, 0.29) is 11.7 Å². The Morgan fingerprint density at radius 2 is 2.14 bits per heavy atom. The normalized spacial score (nSPS) is 22.2. The molecule has 0 aromatic heterocycles. The van der Waals surface area contributed by atoms with E-state index in [2.05, 4.69) is 5.32 Å². The zero-order valence-electron chi connectivity index (χ0n) is 11.8. The molecule has 2 atom stereocenters. The fourth-order valence-corrected chi connectivity index (χ4v) is 2.44. The molecular weight excluding hydrogens is 285 g/mol. The van der Waals surface area contributed by atoms with Gasteiger partial charge < -0.3 is 9.64 Å². The molecule has 0 radical (unpaired) electrons. The Hall–Kier alpha value is -1.76. The molecule has 1 fully saturated rings. The van der Waals surface area contributed by atoms with Crippen LogP contribution in [0.15, 0.2) is 18.2 Å². The van der Waals surface area contributed by atoms with Crippen LogP contribution in [0.25, 0.3) is 0 Å². The highest BCUT2D eigenvalue weighted by atomic mass is 19.3. The number of carbonyl (C=O) groups is 1. The third kappa shape index (κ3) is 3.12. The minimum Gasteiger partial charge on any atom is -0.494 e. The van der Waals surface area contributed by atoms with Crippen LogP contribution in [-0.2, 0) is 4.79 Å². The van der Waals surface area contributed by atoms with E-state index >= 15 is 0 Å². The molecule has 4 nitrogen and oxygen atoms in total. The number of methoxy groups -OCH3 is 1. The fraction of sp³-hybridized carbons (Fsp3) is 0.500. The second-order valence-electron chi connectivity index (χ2n) is 4.81. The number of rotatable bonds is 5. The van der Waals surface area contributed by atoms with Gasteiger partial charge in [-0.25, -0.2) is 13.2 Å². The van der Waals surface area contributed by atoms with Gasteiger partial charge in [-0.1, -0.05) is 13.0 Å². The maximum atomic E-state index is 13.8. The Labute approximate surface area is 120 Å². The van der Waals surface area contributed by atoms with Gasteiger partial charge in [0, 0.05) is 0 Å². The largest absolute Gasteiger partial charge is 0.494 e. The highest BCUT2D eigenvalue weighted by molar-refractivity contribution is 5.84. The van der Waals surface area contributed by atoms with E-state index in [4.69, 9.17) is 4.74 Å². The van der Waals surface area contributed by atoms with Gasteiger partial charge in [0.1, 0.15) is 6.17 Å². The van der Waals surface area contributed by atoms with Gasteiger partial charge in [-0.15, -0.1) is 0 Å². The predicted molar refractivity (Wildman–Crippen MR) is 70.6 cm³/mol. The van der Waals surface area contributed by atoms with Crippen molar-refractivity contribution in [3.8, 4) is 5.75 Å². The van der Waals surface area contributed by atoms with E-state index < -0.39 is 31.0 Å². The molecule has 0 spiro atoms. The van der Waals surface area contributed by atoms with Gasteiger partial charge in [0.05, 0.1) is 19.7 Å². The number of alkyl halides is 2. The number of hydrogen-bond donors (Lipinski definition) is 1. The Balaban J connectivity index is 2.31. The summed E-state index contributed by atoms with van der Waals surface area (Å²) in [5.74, 6) is -0.921. The van der Waals surface area contributed by atoms with Gasteiger partial charge in [-0.05, 0) is 24.1 Å². The standard InChI is InChI=1S/C14H17F3N2O2/c1-3-10-14(20)19(7-12(16)17)13(18-10)8-4-5-11(21-2)9(15)6-8/h4-6,10,12-13,18H,3,7H2,1-2H3. The molecule has 2 rings (SSSR count). The lowest BCUT2D eigenvalue weighted by Crippen LogP contribution is -2.35. The maximum Gasteiger partial charge on any atom is 0.255 e. The fourth-order valence-electron chi connectivity index (χ4n) is 2.44. The van der Waals surface area contributed by atoms with Crippen molar-refractivity contribution in [2.24, 2.45) is 0 Å². The summed E-state index contributed by atoms with van der Waals surface area (Å²) in [5.41, 5.74) is 0.415. The first kappa shape index (κ1) is 15.6. The van der Waals surface area contributed by atoms with Crippen molar-refractivity contribution < 1.29 is 22.7 Å². The van der Waals surface area contributed by atoms with Crippen LogP contribution in [-0.4, -0.2) is 36.9 Å². The molecule has 0 aliphatic carbocycles. The van der Waals surface area contributed by atoms with Gasteiger partial charge in [-0.2, -0.15) is 0 Å². The number of nitrogens with one attached hydrogen (secondary N) is 1. The smallest absolute Gasteiger partial charge is 0.255 e. The van der Waals surface area contributed by atoms with Crippen LogP contribution in [0.4, 0.5) is 13.2 Å². The average Bonchev–Trinajstić information content (AvgIpc) is 2.75. The molecule has 1 aromatic rings. The minimum atomic E-state index is -2.64.